The molecule has 0 amide bonds. The van der Waals surface area contributed by atoms with Gasteiger partial charge in [0.1, 0.15) is 5.15 Å². The molecule has 2 rings (SSSR count). The van der Waals surface area contributed by atoms with Gasteiger partial charge < -0.3 is 0 Å². The lowest BCUT2D eigenvalue weighted by Crippen LogP contribution is -2.04. The zero-order chi connectivity index (χ0) is 15.5. The fourth-order valence-electron chi connectivity index (χ4n) is 1.57. The Kier molecular flexibility index (Phi) is 4.43. The van der Waals surface area contributed by atoms with E-state index < -0.39 is 11.7 Å². The minimum absolute atomic E-state index is 0.276. The molecule has 0 aliphatic rings. The summed E-state index contributed by atoms with van der Waals surface area (Å²) in [5.41, 5.74) is 0.119. The van der Waals surface area contributed by atoms with E-state index in [1.54, 1.807) is 0 Å². The highest BCUT2D eigenvalue weighted by Crippen LogP contribution is 2.29. The van der Waals surface area contributed by atoms with Gasteiger partial charge in [0.25, 0.3) is 0 Å². The molecule has 108 valence electrons. The van der Waals surface area contributed by atoms with Crippen molar-refractivity contribution in [3.05, 3.63) is 70.5 Å². The molecular formula is C15H9ClF3NO. The number of carbonyl (C=O) groups is 1. The molecular weight excluding hydrogens is 303 g/mol. The summed E-state index contributed by atoms with van der Waals surface area (Å²) >= 11 is 5.61. The average Bonchev–Trinajstić information content (AvgIpc) is 2.45. The Morgan fingerprint density at radius 2 is 1.76 bits per heavy atom. The SMILES string of the molecule is O=C(C=Cc1ccc(C(F)(F)F)cc1)c1ccc(Cl)nc1. The topological polar surface area (TPSA) is 30.0 Å². The Morgan fingerprint density at radius 1 is 1.10 bits per heavy atom. The number of rotatable bonds is 3. The van der Waals surface area contributed by atoms with Crippen molar-refractivity contribution < 1.29 is 18.0 Å². The van der Waals surface area contributed by atoms with Gasteiger partial charge in [-0.3, -0.25) is 4.79 Å². The molecule has 0 fully saturated rings. The first-order valence-corrected chi connectivity index (χ1v) is 6.25. The third-order valence-electron chi connectivity index (χ3n) is 2.68. The Hall–Kier alpha value is -2.14. The number of hydrogen-bond donors (Lipinski definition) is 0. The Bertz CT molecular complexity index is 661. The molecule has 0 unspecified atom stereocenters. The summed E-state index contributed by atoms with van der Waals surface area (Å²) in [6.07, 6.45) is -0.320. The summed E-state index contributed by atoms with van der Waals surface area (Å²) < 4.78 is 37.2. The number of alkyl halides is 3. The fourth-order valence-corrected chi connectivity index (χ4v) is 1.68. The van der Waals surface area contributed by atoms with Crippen LogP contribution in [0.4, 0.5) is 13.2 Å². The number of aromatic nitrogens is 1. The number of benzene rings is 1. The summed E-state index contributed by atoms with van der Waals surface area (Å²) in [4.78, 5) is 15.6. The van der Waals surface area contributed by atoms with Crippen molar-refractivity contribution in [2.45, 2.75) is 6.18 Å². The van der Waals surface area contributed by atoms with Gasteiger partial charge in [-0.25, -0.2) is 4.98 Å². The minimum Gasteiger partial charge on any atom is -0.289 e. The largest absolute Gasteiger partial charge is 0.416 e. The molecule has 2 aromatic rings. The van der Waals surface area contributed by atoms with Gasteiger partial charge in [0.05, 0.1) is 5.56 Å². The quantitative estimate of drug-likeness (QED) is 0.469. The van der Waals surface area contributed by atoms with Crippen LogP contribution in [0.5, 0.6) is 0 Å². The third-order valence-corrected chi connectivity index (χ3v) is 2.90. The van der Waals surface area contributed by atoms with E-state index in [9.17, 15) is 18.0 Å². The lowest BCUT2D eigenvalue weighted by atomic mass is 10.1. The van der Waals surface area contributed by atoms with Gasteiger partial charge in [-0.15, -0.1) is 0 Å². The molecule has 0 saturated heterocycles. The third kappa shape index (κ3) is 4.16. The molecule has 1 aromatic carbocycles. The van der Waals surface area contributed by atoms with Crippen molar-refractivity contribution in [3.63, 3.8) is 0 Å². The summed E-state index contributed by atoms with van der Waals surface area (Å²) in [6.45, 7) is 0. The van der Waals surface area contributed by atoms with E-state index in [1.807, 2.05) is 0 Å². The number of nitrogens with zero attached hydrogens (tertiary/aromatic N) is 1. The first-order chi connectivity index (χ1) is 9.86. The highest BCUT2D eigenvalue weighted by Gasteiger charge is 2.29. The molecule has 0 saturated carbocycles. The van der Waals surface area contributed by atoms with Crippen LogP contribution in [0.2, 0.25) is 5.15 Å². The van der Waals surface area contributed by atoms with Gasteiger partial charge in [0.15, 0.2) is 5.78 Å². The molecule has 0 bridgehead atoms. The summed E-state index contributed by atoms with van der Waals surface area (Å²) in [6, 6.07) is 7.54. The summed E-state index contributed by atoms with van der Waals surface area (Å²) in [5.74, 6) is -0.306. The highest BCUT2D eigenvalue weighted by molar-refractivity contribution is 6.29. The van der Waals surface area contributed by atoms with Crippen molar-refractivity contribution in [2.75, 3.05) is 0 Å². The van der Waals surface area contributed by atoms with E-state index in [4.69, 9.17) is 11.6 Å². The first-order valence-electron chi connectivity index (χ1n) is 5.87. The maximum Gasteiger partial charge on any atom is 0.416 e. The second-order valence-corrected chi connectivity index (χ2v) is 4.57. The lowest BCUT2D eigenvalue weighted by molar-refractivity contribution is -0.137. The van der Waals surface area contributed by atoms with Gasteiger partial charge in [0, 0.05) is 11.8 Å². The number of carbonyl (C=O) groups excluding carboxylic acids is 1. The standard InChI is InChI=1S/C15H9ClF3NO/c16-14-8-4-11(9-20-14)13(21)7-3-10-1-5-12(6-2-10)15(17,18)19/h1-9H. The molecule has 0 N–H and O–H groups in total. The van der Waals surface area contributed by atoms with Gasteiger partial charge in [0.2, 0.25) is 0 Å². The molecule has 0 atom stereocenters. The zero-order valence-electron chi connectivity index (χ0n) is 10.6. The van der Waals surface area contributed by atoms with Gasteiger partial charge in [-0.05, 0) is 35.9 Å². The van der Waals surface area contributed by atoms with Crippen molar-refractivity contribution in [3.8, 4) is 0 Å². The molecule has 6 heteroatoms. The predicted molar refractivity (Wildman–Crippen MR) is 74.1 cm³/mol. The van der Waals surface area contributed by atoms with Gasteiger partial charge in [-0.1, -0.05) is 29.8 Å². The van der Waals surface area contributed by atoms with Gasteiger partial charge in [-0.2, -0.15) is 13.2 Å². The minimum atomic E-state index is -4.37. The predicted octanol–water partition coefficient (Wildman–Crippen LogP) is 4.65. The smallest absolute Gasteiger partial charge is 0.289 e. The van der Waals surface area contributed by atoms with Crippen LogP contribution in [0.3, 0.4) is 0 Å². The number of allylic oxidation sites excluding steroid dienone is 1. The number of halogens is 4. The molecule has 2 nitrogen and oxygen atoms in total. The van der Waals surface area contributed by atoms with Crippen LogP contribution in [-0.2, 0) is 6.18 Å². The Balaban J connectivity index is 2.10. The van der Waals surface area contributed by atoms with Crippen molar-refractivity contribution in [1.29, 1.82) is 0 Å². The second kappa shape index (κ2) is 6.10. The zero-order valence-corrected chi connectivity index (χ0v) is 11.3. The van der Waals surface area contributed by atoms with Crippen molar-refractivity contribution in [1.82, 2.24) is 4.98 Å². The average molecular weight is 312 g/mol. The van der Waals surface area contributed by atoms with E-state index in [0.29, 0.717) is 11.1 Å². The maximum absolute atomic E-state index is 12.4. The van der Waals surface area contributed by atoms with Crippen LogP contribution >= 0.6 is 11.6 Å². The van der Waals surface area contributed by atoms with E-state index >= 15 is 0 Å². The number of ketones is 1. The van der Waals surface area contributed by atoms with Gasteiger partial charge >= 0.3 is 6.18 Å². The molecule has 0 aliphatic heterocycles. The number of hydrogen-bond acceptors (Lipinski definition) is 2. The second-order valence-electron chi connectivity index (χ2n) is 4.19. The van der Waals surface area contributed by atoms with Crippen LogP contribution in [0.25, 0.3) is 6.08 Å². The Morgan fingerprint density at radius 3 is 2.29 bits per heavy atom. The normalized spacial score (nSPS) is 11.8. The highest BCUT2D eigenvalue weighted by atomic mass is 35.5. The van der Waals surface area contributed by atoms with Crippen LogP contribution in [0, 0.1) is 0 Å². The van der Waals surface area contributed by atoms with E-state index in [0.717, 1.165) is 12.1 Å². The molecule has 0 radical (unpaired) electrons. The molecule has 1 heterocycles. The van der Waals surface area contributed by atoms with Crippen LogP contribution in [0.1, 0.15) is 21.5 Å². The van der Waals surface area contributed by atoms with E-state index in [-0.39, 0.29) is 10.9 Å². The maximum atomic E-state index is 12.4. The molecule has 0 spiro atoms. The van der Waals surface area contributed by atoms with Crippen LogP contribution in [-0.4, -0.2) is 10.8 Å². The van der Waals surface area contributed by atoms with Crippen molar-refractivity contribution >= 4 is 23.5 Å². The first kappa shape index (κ1) is 15.3. The molecule has 21 heavy (non-hydrogen) atoms. The van der Waals surface area contributed by atoms with Crippen LogP contribution < -0.4 is 0 Å². The monoisotopic (exact) mass is 311 g/mol. The number of pyridine rings is 1. The van der Waals surface area contributed by atoms with E-state index in [2.05, 4.69) is 4.98 Å². The molecule has 1 aromatic heterocycles. The lowest BCUT2D eigenvalue weighted by Gasteiger charge is -2.05. The fraction of sp³-hybridized carbons (Fsp3) is 0.0667. The van der Waals surface area contributed by atoms with Crippen molar-refractivity contribution in [2.24, 2.45) is 0 Å². The molecule has 0 aliphatic carbocycles. The van der Waals surface area contributed by atoms with Crippen LogP contribution in [0.15, 0.2) is 48.7 Å². The summed E-state index contributed by atoms with van der Waals surface area (Å²) in [7, 11) is 0. The Labute approximate surface area is 123 Å². The van der Waals surface area contributed by atoms with E-state index in [1.165, 1.54) is 42.6 Å². The summed E-state index contributed by atoms with van der Waals surface area (Å²) in [5, 5.41) is 0.276.